The van der Waals surface area contributed by atoms with Crippen LogP contribution in [0.25, 0.3) is 0 Å². The summed E-state index contributed by atoms with van der Waals surface area (Å²) in [7, 11) is 4.25. The molecule has 1 aromatic heterocycles. The minimum atomic E-state index is 0.522. The van der Waals surface area contributed by atoms with Gasteiger partial charge in [0.1, 0.15) is 5.76 Å². The van der Waals surface area contributed by atoms with Crippen LogP contribution in [0, 0.1) is 6.92 Å². The summed E-state index contributed by atoms with van der Waals surface area (Å²) in [6, 6.07) is 4.56. The summed E-state index contributed by atoms with van der Waals surface area (Å²) in [6.07, 6.45) is 0. The summed E-state index contributed by atoms with van der Waals surface area (Å²) in [5, 5.41) is 3.53. The van der Waals surface area contributed by atoms with Gasteiger partial charge in [-0.25, -0.2) is 0 Å². The molecule has 0 spiro atoms. The molecule has 0 bridgehead atoms. The molecule has 0 aliphatic carbocycles. The molecule has 1 aromatic rings. The predicted octanol–water partition coefficient (Wildman–Crippen LogP) is 0.928. The molecule has 1 aliphatic heterocycles. The molecule has 1 aliphatic rings. The average Bonchev–Trinajstić information content (AvgIpc) is 2.65. The van der Waals surface area contributed by atoms with Crippen molar-refractivity contribution in [2.75, 3.05) is 45.2 Å². The number of hydrogen-bond donors (Lipinski definition) is 1. The highest BCUT2D eigenvalue weighted by molar-refractivity contribution is 5.35. The summed E-state index contributed by atoms with van der Waals surface area (Å²) in [5.41, 5.74) is 0. The Morgan fingerprint density at radius 1 is 1.56 bits per heavy atom. The SMILES string of the molecule is Cc1ccc(N(C)CC2CN(C)CCN2)o1. The summed E-state index contributed by atoms with van der Waals surface area (Å²) in [4.78, 5) is 4.53. The number of aryl methyl sites for hydroxylation is 1. The number of likely N-dealkylation sites (N-methyl/N-ethyl adjacent to an activating group) is 2. The average molecular weight is 223 g/mol. The topological polar surface area (TPSA) is 31.6 Å². The lowest BCUT2D eigenvalue weighted by Gasteiger charge is -2.33. The van der Waals surface area contributed by atoms with Crippen LogP contribution in [-0.4, -0.2) is 51.2 Å². The summed E-state index contributed by atoms with van der Waals surface area (Å²) < 4.78 is 5.60. The monoisotopic (exact) mass is 223 g/mol. The third-order valence-electron chi connectivity index (χ3n) is 3.06. The standard InChI is InChI=1S/C12H21N3O/c1-10-4-5-12(16-10)15(3)9-11-8-14(2)7-6-13-11/h4-5,11,13H,6-9H2,1-3H3. The molecular weight excluding hydrogens is 202 g/mol. The van der Waals surface area contributed by atoms with E-state index in [1.165, 1.54) is 0 Å². The number of piperazine rings is 1. The molecule has 16 heavy (non-hydrogen) atoms. The van der Waals surface area contributed by atoms with E-state index in [2.05, 4.69) is 29.2 Å². The van der Waals surface area contributed by atoms with Crippen LogP contribution in [0.1, 0.15) is 5.76 Å². The second-order valence-corrected chi connectivity index (χ2v) is 4.68. The molecule has 0 aromatic carbocycles. The minimum absolute atomic E-state index is 0.522. The number of furan rings is 1. The maximum atomic E-state index is 5.60. The normalized spacial score (nSPS) is 22.3. The zero-order valence-electron chi connectivity index (χ0n) is 10.4. The summed E-state index contributed by atoms with van der Waals surface area (Å²) in [6.45, 7) is 6.28. The van der Waals surface area contributed by atoms with E-state index in [-0.39, 0.29) is 0 Å². The fourth-order valence-corrected chi connectivity index (χ4v) is 2.16. The van der Waals surface area contributed by atoms with Gasteiger partial charge in [-0.2, -0.15) is 0 Å². The third-order valence-corrected chi connectivity index (χ3v) is 3.06. The van der Waals surface area contributed by atoms with Gasteiger partial charge in [-0.15, -0.1) is 0 Å². The fraction of sp³-hybridized carbons (Fsp3) is 0.667. The number of anilines is 1. The van der Waals surface area contributed by atoms with Crippen LogP contribution in [0.2, 0.25) is 0 Å². The highest BCUT2D eigenvalue weighted by atomic mass is 16.4. The molecule has 1 fully saturated rings. The first-order valence-electron chi connectivity index (χ1n) is 5.84. The highest BCUT2D eigenvalue weighted by Crippen LogP contribution is 2.16. The Kier molecular flexibility index (Phi) is 3.51. The van der Waals surface area contributed by atoms with E-state index in [1.807, 2.05) is 19.1 Å². The Balaban J connectivity index is 1.89. The van der Waals surface area contributed by atoms with Gasteiger partial charge < -0.3 is 19.5 Å². The first kappa shape index (κ1) is 11.5. The number of hydrogen-bond acceptors (Lipinski definition) is 4. The first-order valence-corrected chi connectivity index (χ1v) is 5.84. The van der Waals surface area contributed by atoms with Gasteiger partial charge in [0.15, 0.2) is 5.88 Å². The van der Waals surface area contributed by atoms with Crippen molar-refractivity contribution in [2.24, 2.45) is 0 Å². The molecule has 4 heteroatoms. The quantitative estimate of drug-likeness (QED) is 0.826. The Bertz CT molecular complexity index is 337. The van der Waals surface area contributed by atoms with Crippen molar-refractivity contribution in [3.63, 3.8) is 0 Å². The molecule has 4 nitrogen and oxygen atoms in total. The lowest BCUT2D eigenvalue weighted by Crippen LogP contribution is -2.53. The van der Waals surface area contributed by atoms with Crippen molar-refractivity contribution < 1.29 is 4.42 Å². The van der Waals surface area contributed by atoms with Gasteiger partial charge in [-0.05, 0) is 20.0 Å². The maximum Gasteiger partial charge on any atom is 0.195 e. The van der Waals surface area contributed by atoms with Gasteiger partial charge in [0.05, 0.1) is 0 Å². The van der Waals surface area contributed by atoms with Crippen LogP contribution in [0.3, 0.4) is 0 Å². The summed E-state index contributed by atoms with van der Waals surface area (Å²) in [5.74, 6) is 1.92. The lowest BCUT2D eigenvalue weighted by molar-refractivity contribution is 0.240. The van der Waals surface area contributed by atoms with Gasteiger partial charge in [0, 0.05) is 45.3 Å². The zero-order valence-corrected chi connectivity index (χ0v) is 10.4. The molecule has 0 amide bonds. The molecule has 1 saturated heterocycles. The molecule has 2 rings (SSSR count). The molecule has 0 radical (unpaired) electrons. The van der Waals surface area contributed by atoms with E-state index >= 15 is 0 Å². The van der Waals surface area contributed by atoms with Crippen molar-refractivity contribution in [3.8, 4) is 0 Å². The Labute approximate surface area is 97.2 Å². The Hall–Kier alpha value is -1.00. The lowest BCUT2D eigenvalue weighted by atomic mass is 10.2. The van der Waals surface area contributed by atoms with Crippen LogP contribution < -0.4 is 10.2 Å². The summed E-state index contributed by atoms with van der Waals surface area (Å²) >= 11 is 0. The molecule has 90 valence electrons. The van der Waals surface area contributed by atoms with Gasteiger partial charge in [0.25, 0.3) is 0 Å². The van der Waals surface area contributed by atoms with Gasteiger partial charge in [-0.1, -0.05) is 0 Å². The molecular formula is C12H21N3O. The van der Waals surface area contributed by atoms with Crippen LogP contribution in [-0.2, 0) is 0 Å². The van der Waals surface area contributed by atoms with E-state index in [9.17, 15) is 0 Å². The largest absolute Gasteiger partial charge is 0.446 e. The maximum absolute atomic E-state index is 5.60. The van der Waals surface area contributed by atoms with Crippen LogP contribution >= 0.6 is 0 Å². The smallest absolute Gasteiger partial charge is 0.195 e. The second kappa shape index (κ2) is 4.89. The van der Waals surface area contributed by atoms with E-state index in [4.69, 9.17) is 4.42 Å². The second-order valence-electron chi connectivity index (χ2n) is 4.68. The van der Waals surface area contributed by atoms with Crippen LogP contribution in [0.15, 0.2) is 16.5 Å². The number of rotatable bonds is 3. The van der Waals surface area contributed by atoms with E-state index in [1.54, 1.807) is 0 Å². The van der Waals surface area contributed by atoms with Crippen LogP contribution in [0.5, 0.6) is 0 Å². The van der Waals surface area contributed by atoms with Gasteiger partial charge >= 0.3 is 0 Å². The molecule has 0 saturated carbocycles. The zero-order chi connectivity index (χ0) is 11.5. The van der Waals surface area contributed by atoms with Gasteiger partial charge in [-0.3, -0.25) is 0 Å². The third kappa shape index (κ3) is 2.77. The van der Waals surface area contributed by atoms with E-state index < -0.39 is 0 Å². The van der Waals surface area contributed by atoms with Crippen LogP contribution in [0.4, 0.5) is 5.88 Å². The highest BCUT2D eigenvalue weighted by Gasteiger charge is 2.18. The fourth-order valence-electron chi connectivity index (χ4n) is 2.16. The van der Waals surface area contributed by atoms with Gasteiger partial charge in [0.2, 0.25) is 0 Å². The number of nitrogens with zero attached hydrogens (tertiary/aromatic N) is 2. The molecule has 2 heterocycles. The van der Waals surface area contributed by atoms with Crippen molar-refractivity contribution in [1.29, 1.82) is 0 Å². The Morgan fingerprint density at radius 2 is 2.38 bits per heavy atom. The number of nitrogens with one attached hydrogen (secondary N) is 1. The minimum Gasteiger partial charge on any atom is -0.446 e. The molecule has 1 atom stereocenters. The first-order chi connectivity index (χ1) is 7.65. The van der Waals surface area contributed by atoms with E-state index in [0.717, 1.165) is 37.8 Å². The van der Waals surface area contributed by atoms with Crippen molar-refractivity contribution >= 4 is 5.88 Å². The predicted molar refractivity (Wildman–Crippen MR) is 66.0 cm³/mol. The van der Waals surface area contributed by atoms with E-state index in [0.29, 0.717) is 6.04 Å². The van der Waals surface area contributed by atoms with Crippen molar-refractivity contribution in [1.82, 2.24) is 10.2 Å². The molecule has 1 N–H and O–H groups in total. The Morgan fingerprint density at radius 3 is 3.00 bits per heavy atom. The van der Waals surface area contributed by atoms with Crippen molar-refractivity contribution in [3.05, 3.63) is 17.9 Å². The van der Waals surface area contributed by atoms with Crippen molar-refractivity contribution in [2.45, 2.75) is 13.0 Å². The molecule has 1 unspecified atom stereocenters.